The summed E-state index contributed by atoms with van der Waals surface area (Å²) < 4.78 is 46.0. The van der Waals surface area contributed by atoms with Crippen molar-refractivity contribution in [3.05, 3.63) is 83.4 Å². The molecule has 1 atom stereocenters. The van der Waals surface area contributed by atoms with E-state index in [9.17, 15) is 13.2 Å². The van der Waals surface area contributed by atoms with Gasteiger partial charge in [0.25, 0.3) is 0 Å². The first kappa shape index (κ1) is 27.9. The minimum atomic E-state index is -3.96. The number of piperazine rings is 1. The molecule has 1 N–H and O–H groups in total. The van der Waals surface area contributed by atoms with Crippen LogP contribution in [0.1, 0.15) is 23.6 Å². The van der Waals surface area contributed by atoms with Crippen molar-refractivity contribution < 1.29 is 27.4 Å². The minimum Gasteiger partial charge on any atom is -0.494 e. The van der Waals surface area contributed by atoms with Gasteiger partial charge in [-0.15, -0.1) is 0 Å². The third kappa shape index (κ3) is 6.57. The van der Waals surface area contributed by atoms with Crippen molar-refractivity contribution in [1.82, 2.24) is 14.5 Å². The highest BCUT2D eigenvalue weighted by atomic mass is 32.2. The van der Waals surface area contributed by atoms with Crippen molar-refractivity contribution >= 4 is 15.9 Å². The van der Waals surface area contributed by atoms with Crippen LogP contribution in [0.3, 0.4) is 0 Å². The Morgan fingerprint density at radius 2 is 1.70 bits per heavy atom. The number of sulfonamides is 1. The Kier molecular flexibility index (Phi) is 8.58. The molecule has 0 spiro atoms. The van der Waals surface area contributed by atoms with Crippen LogP contribution in [0.15, 0.2) is 71.6 Å². The molecular weight excluding hydrogens is 530 g/mol. The summed E-state index contributed by atoms with van der Waals surface area (Å²) in [6, 6.07) is 19.2. The molecule has 0 bridgehead atoms. The summed E-state index contributed by atoms with van der Waals surface area (Å²) in [5.74, 6) is 1.92. The number of carbonyl (C=O) groups is 1. The Bertz CT molecular complexity index is 1440. The van der Waals surface area contributed by atoms with Gasteiger partial charge in [-0.25, -0.2) is 8.42 Å². The first-order valence-electron chi connectivity index (χ1n) is 13.5. The second-order valence-electron chi connectivity index (χ2n) is 10.0. The van der Waals surface area contributed by atoms with Crippen molar-refractivity contribution in [3.8, 4) is 17.2 Å². The molecule has 0 aromatic heterocycles. The number of rotatable bonds is 10. The smallest absolute Gasteiger partial charge is 0.241 e. The lowest BCUT2D eigenvalue weighted by atomic mass is 10.1. The van der Waals surface area contributed by atoms with Gasteiger partial charge in [0.05, 0.1) is 11.5 Å². The number of ether oxygens (including phenoxy) is 3. The summed E-state index contributed by atoms with van der Waals surface area (Å²) in [7, 11) is -3.96. The normalized spacial score (nSPS) is 16.1. The van der Waals surface area contributed by atoms with E-state index in [0.29, 0.717) is 44.1 Å². The van der Waals surface area contributed by atoms with E-state index >= 15 is 0 Å². The first-order chi connectivity index (χ1) is 19.3. The van der Waals surface area contributed by atoms with E-state index in [4.69, 9.17) is 14.2 Å². The third-order valence-corrected chi connectivity index (χ3v) is 8.63. The predicted octanol–water partition coefficient (Wildman–Crippen LogP) is 3.36. The Morgan fingerprint density at radius 1 is 0.950 bits per heavy atom. The molecule has 0 saturated carbocycles. The first-order valence-corrected chi connectivity index (χ1v) is 15.0. The lowest BCUT2D eigenvalue weighted by Gasteiger charge is -2.36. The lowest BCUT2D eigenvalue weighted by molar-refractivity contribution is -0.134. The number of nitrogens with zero attached hydrogens (tertiary/aromatic N) is 2. The maximum atomic E-state index is 13.7. The average molecular weight is 566 g/mol. The summed E-state index contributed by atoms with van der Waals surface area (Å²) >= 11 is 0. The van der Waals surface area contributed by atoms with E-state index in [1.165, 1.54) is 6.07 Å². The summed E-state index contributed by atoms with van der Waals surface area (Å²) in [6.45, 7) is 7.54. The number of amides is 1. The number of fused-ring (bicyclic) bond motifs is 1. The van der Waals surface area contributed by atoms with Crippen LogP contribution in [0, 0.1) is 6.92 Å². The highest BCUT2D eigenvalue weighted by Crippen LogP contribution is 2.33. The minimum absolute atomic E-state index is 0.105. The van der Waals surface area contributed by atoms with Gasteiger partial charge in [-0.3, -0.25) is 9.69 Å². The van der Waals surface area contributed by atoms with E-state index in [1.54, 1.807) is 24.0 Å². The van der Waals surface area contributed by atoms with Gasteiger partial charge in [-0.05, 0) is 67.3 Å². The zero-order valence-corrected chi connectivity index (χ0v) is 23.7. The van der Waals surface area contributed by atoms with Crippen molar-refractivity contribution in [1.29, 1.82) is 0 Å². The van der Waals surface area contributed by atoms with Crippen LogP contribution in [0.25, 0.3) is 0 Å². The van der Waals surface area contributed by atoms with Crippen LogP contribution in [0.2, 0.25) is 0 Å². The van der Waals surface area contributed by atoms with Gasteiger partial charge >= 0.3 is 0 Å². The molecule has 1 unspecified atom stereocenters. The highest BCUT2D eigenvalue weighted by Gasteiger charge is 2.32. The van der Waals surface area contributed by atoms with Crippen LogP contribution in [-0.2, 0) is 27.8 Å². The summed E-state index contributed by atoms with van der Waals surface area (Å²) in [6.07, 6.45) is 0.256. The number of hydrogen-bond acceptors (Lipinski definition) is 7. The number of benzene rings is 3. The molecule has 1 amide bonds. The quantitative estimate of drug-likeness (QED) is 0.403. The molecule has 212 valence electrons. The zero-order valence-electron chi connectivity index (χ0n) is 22.8. The van der Waals surface area contributed by atoms with Gasteiger partial charge < -0.3 is 19.1 Å². The molecule has 3 aromatic carbocycles. The second kappa shape index (κ2) is 12.3. The number of hydrogen-bond donors (Lipinski definition) is 1. The topological polar surface area (TPSA) is 97.4 Å². The van der Waals surface area contributed by atoms with E-state index in [0.717, 1.165) is 29.2 Å². The van der Waals surface area contributed by atoms with Crippen molar-refractivity contribution in [3.63, 3.8) is 0 Å². The molecule has 2 aliphatic heterocycles. The molecule has 2 heterocycles. The molecule has 0 aliphatic carbocycles. The largest absolute Gasteiger partial charge is 0.494 e. The summed E-state index contributed by atoms with van der Waals surface area (Å²) in [5, 5.41) is 0. The van der Waals surface area contributed by atoms with Crippen LogP contribution in [0.5, 0.6) is 17.2 Å². The third-order valence-electron chi connectivity index (χ3n) is 7.16. The molecule has 0 radical (unpaired) electrons. The highest BCUT2D eigenvalue weighted by molar-refractivity contribution is 7.89. The summed E-state index contributed by atoms with van der Waals surface area (Å²) in [4.78, 5) is 17.9. The van der Waals surface area contributed by atoms with Gasteiger partial charge in [-0.1, -0.05) is 36.4 Å². The number of carbonyl (C=O) groups excluding carboxylic acids is 1. The Hall–Kier alpha value is -3.60. The van der Waals surface area contributed by atoms with Gasteiger partial charge in [-0.2, -0.15) is 4.72 Å². The van der Waals surface area contributed by atoms with Crippen LogP contribution < -0.4 is 18.9 Å². The number of aryl methyl sites for hydroxylation is 1. The molecule has 40 heavy (non-hydrogen) atoms. The zero-order chi connectivity index (χ0) is 28.1. The van der Waals surface area contributed by atoms with Crippen LogP contribution >= 0.6 is 0 Å². The monoisotopic (exact) mass is 565 g/mol. The van der Waals surface area contributed by atoms with Crippen molar-refractivity contribution in [2.24, 2.45) is 0 Å². The summed E-state index contributed by atoms with van der Waals surface area (Å²) in [5.41, 5.74) is 2.71. The van der Waals surface area contributed by atoms with Crippen molar-refractivity contribution in [2.45, 2.75) is 37.8 Å². The predicted molar refractivity (Wildman–Crippen MR) is 151 cm³/mol. The fraction of sp³-hybridized carbons (Fsp3) is 0.367. The van der Waals surface area contributed by atoms with Gasteiger partial charge in [0.2, 0.25) is 22.7 Å². The molecule has 9 nitrogen and oxygen atoms in total. The Labute approximate surface area is 235 Å². The molecule has 5 rings (SSSR count). The van der Waals surface area contributed by atoms with Gasteiger partial charge in [0, 0.05) is 32.7 Å². The standard InChI is InChI=1S/C30H35N3O6S/c1-3-37-27-12-10-25(17-22(27)2)40(35,36)31-26(18-23-7-5-4-6-8-23)30(34)33-15-13-32(14-16-33)20-24-9-11-28-29(19-24)39-21-38-28/h4-12,17,19,26,31H,3,13-16,18,20-21H2,1-2H3. The fourth-order valence-corrected chi connectivity index (χ4v) is 6.31. The maximum Gasteiger partial charge on any atom is 0.241 e. The second-order valence-corrected chi connectivity index (χ2v) is 11.7. The van der Waals surface area contributed by atoms with E-state index in [-0.39, 0.29) is 24.0 Å². The maximum absolute atomic E-state index is 13.7. The van der Waals surface area contributed by atoms with E-state index < -0.39 is 16.1 Å². The lowest BCUT2D eigenvalue weighted by Crippen LogP contribution is -2.55. The Morgan fingerprint density at radius 3 is 2.42 bits per heavy atom. The molecule has 1 saturated heterocycles. The fourth-order valence-electron chi connectivity index (χ4n) is 5.04. The molecular formula is C30H35N3O6S. The molecule has 10 heteroatoms. The molecule has 3 aromatic rings. The van der Waals surface area contributed by atoms with Crippen LogP contribution in [0.4, 0.5) is 0 Å². The van der Waals surface area contributed by atoms with Gasteiger partial charge in [0.1, 0.15) is 11.8 Å². The Balaban J connectivity index is 1.27. The molecule has 2 aliphatic rings. The average Bonchev–Trinajstić information content (AvgIpc) is 3.42. The van der Waals surface area contributed by atoms with Gasteiger partial charge in [0.15, 0.2) is 11.5 Å². The SMILES string of the molecule is CCOc1ccc(S(=O)(=O)NC(Cc2ccccc2)C(=O)N2CCN(Cc3ccc4c(c3)OCO4)CC2)cc1C. The number of nitrogens with one attached hydrogen (secondary N) is 1. The van der Waals surface area contributed by atoms with E-state index in [1.807, 2.05) is 55.5 Å². The van der Waals surface area contributed by atoms with Crippen LogP contribution in [-0.4, -0.2) is 69.7 Å². The van der Waals surface area contributed by atoms with E-state index in [2.05, 4.69) is 9.62 Å². The van der Waals surface area contributed by atoms with Crippen molar-refractivity contribution in [2.75, 3.05) is 39.6 Å². The molecule has 1 fully saturated rings.